The van der Waals surface area contributed by atoms with E-state index in [4.69, 9.17) is 5.73 Å². The zero-order chi connectivity index (χ0) is 14.0. The van der Waals surface area contributed by atoms with Gasteiger partial charge in [0.1, 0.15) is 0 Å². The molecule has 0 aliphatic carbocycles. The average Bonchev–Trinajstić information content (AvgIpc) is 2.33. The number of hydrogen-bond donors (Lipinski definition) is 2. The first kappa shape index (κ1) is 13.5. The number of benzene rings is 2. The van der Waals surface area contributed by atoms with E-state index in [1.807, 2.05) is 19.1 Å². The lowest BCUT2D eigenvalue weighted by Crippen LogP contribution is -2.13. The van der Waals surface area contributed by atoms with Crippen LogP contribution < -0.4 is 11.1 Å². The summed E-state index contributed by atoms with van der Waals surface area (Å²) in [6.07, 6.45) is 0. The van der Waals surface area contributed by atoms with Gasteiger partial charge in [-0.15, -0.1) is 0 Å². The van der Waals surface area contributed by atoms with Gasteiger partial charge in [0.05, 0.1) is 0 Å². The molecule has 0 heterocycles. The number of aryl methyl sites for hydroxylation is 1. The SMILES string of the molecule is Cc1ccc(Nc2ccccc2C(C)(C)C)cc1N. The third-order valence-electron chi connectivity index (χ3n) is 3.29. The maximum absolute atomic E-state index is 5.96. The van der Waals surface area contributed by atoms with E-state index in [0.717, 1.165) is 22.6 Å². The first-order valence-corrected chi connectivity index (χ1v) is 6.60. The van der Waals surface area contributed by atoms with Crippen molar-refractivity contribution in [3.63, 3.8) is 0 Å². The molecule has 0 fully saturated rings. The second-order valence-electron chi connectivity index (χ2n) is 5.99. The first-order valence-electron chi connectivity index (χ1n) is 6.60. The summed E-state index contributed by atoms with van der Waals surface area (Å²) in [5, 5.41) is 3.47. The highest BCUT2D eigenvalue weighted by atomic mass is 14.9. The molecule has 2 aromatic carbocycles. The molecule has 2 nitrogen and oxygen atoms in total. The maximum Gasteiger partial charge on any atom is 0.0422 e. The van der Waals surface area contributed by atoms with Gasteiger partial charge in [0.15, 0.2) is 0 Å². The van der Waals surface area contributed by atoms with Crippen LogP contribution in [0.5, 0.6) is 0 Å². The van der Waals surface area contributed by atoms with Crippen LogP contribution in [0.25, 0.3) is 0 Å². The number of para-hydroxylation sites is 1. The quantitative estimate of drug-likeness (QED) is 0.767. The van der Waals surface area contributed by atoms with Crippen LogP contribution in [0.15, 0.2) is 42.5 Å². The number of anilines is 3. The molecule has 2 heteroatoms. The molecular formula is C17H22N2. The highest BCUT2D eigenvalue weighted by Gasteiger charge is 2.17. The van der Waals surface area contributed by atoms with Crippen LogP contribution in [0.1, 0.15) is 31.9 Å². The fourth-order valence-electron chi connectivity index (χ4n) is 2.12. The molecule has 3 N–H and O–H groups in total. The highest BCUT2D eigenvalue weighted by molar-refractivity contribution is 5.68. The van der Waals surface area contributed by atoms with E-state index in [1.54, 1.807) is 0 Å². The third-order valence-corrected chi connectivity index (χ3v) is 3.29. The van der Waals surface area contributed by atoms with Gasteiger partial charge < -0.3 is 11.1 Å². The van der Waals surface area contributed by atoms with Crippen molar-refractivity contribution in [3.05, 3.63) is 53.6 Å². The summed E-state index contributed by atoms with van der Waals surface area (Å²) in [5.74, 6) is 0. The first-order chi connectivity index (χ1) is 8.88. The fourth-order valence-corrected chi connectivity index (χ4v) is 2.12. The van der Waals surface area contributed by atoms with E-state index in [2.05, 4.69) is 56.4 Å². The van der Waals surface area contributed by atoms with E-state index in [0.29, 0.717) is 0 Å². The minimum Gasteiger partial charge on any atom is -0.398 e. The number of hydrogen-bond acceptors (Lipinski definition) is 2. The molecular weight excluding hydrogens is 232 g/mol. The van der Waals surface area contributed by atoms with Crippen molar-refractivity contribution in [2.75, 3.05) is 11.1 Å². The van der Waals surface area contributed by atoms with Crippen LogP contribution in [0, 0.1) is 6.92 Å². The number of nitrogen functional groups attached to an aromatic ring is 1. The Morgan fingerprint density at radius 1 is 1.00 bits per heavy atom. The molecule has 0 saturated heterocycles. The lowest BCUT2D eigenvalue weighted by atomic mass is 9.86. The van der Waals surface area contributed by atoms with E-state index in [1.165, 1.54) is 5.56 Å². The molecule has 0 spiro atoms. The molecule has 19 heavy (non-hydrogen) atoms. The predicted octanol–water partition coefficient (Wildman–Crippen LogP) is 4.62. The number of nitrogens with two attached hydrogens (primary N) is 1. The number of rotatable bonds is 2. The smallest absolute Gasteiger partial charge is 0.0422 e. The number of nitrogens with one attached hydrogen (secondary N) is 1. The highest BCUT2D eigenvalue weighted by Crippen LogP contribution is 2.31. The second kappa shape index (κ2) is 4.96. The molecule has 0 aromatic heterocycles. The van der Waals surface area contributed by atoms with Gasteiger partial charge in [-0.25, -0.2) is 0 Å². The van der Waals surface area contributed by atoms with Crippen molar-refractivity contribution >= 4 is 17.1 Å². The zero-order valence-corrected chi connectivity index (χ0v) is 12.1. The molecule has 2 aromatic rings. The summed E-state index contributed by atoms with van der Waals surface area (Å²) in [6.45, 7) is 8.67. The Morgan fingerprint density at radius 2 is 1.68 bits per heavy atom. The molecule has 0 atom stereocenters. The van der Waals surface area contributed by atoms with E-state index < -0.39 is 0 Å². The van der Waals surface area contributed by atoms with Gasteiger partial charge in [-0.2, -0.15) is 0 Å². The van der Waals surface area contributed by atoms with Crippen molar-refractivity contribution in [2.45, 2.75) is 33.1 Å². The van der Waals surface area contributed by atoms with E-state index in [9.17, 15) is 0 Å². The zero-order valence-electron chi connectivity index (χ0n) is 12.1. The van der Waals surface area contributed by atoms with Crippen LogP contribution in [0.2, 0.25) is 0 Å². The predicted molar refractivity (Wildman–Crippen MR) is 84.0 cm³/mol. The Hall–Kier alpha value is -1.96. The maximum atomic E-state index is 5.96. The summed E-state index contributed by atoms with van der Waals surface area (Å²) < 4.78 is 0. The van der Waals surface area contributed by atoms with Gasteiger partial charge in [0.2, 0.25) is 0 Å². The minimum atomic E-state index is 0.111. The van der Waals surface area contributed by atoms with Crippen LogP contribution in [-0.2, 0) is 5.41 Å². The topological polar surface area (TPSA) is 38.0 Å². The van der Waals surface area contributed by atoms with E-state index >= 15 is 0 Å². The van der Waals surface area contributed by atoms with Gasteiger partial charge in [-0.05, 0) is 41.7 Å². The summed E-state index contributed by atoms with van der Waals surface area (Å²) in [6, 6.07) is 14.5. The summed E-state index contributed by atoms with van der Waals surface area (Å²) in [4.78, 5) is 0. The van der Waals surface area contributed by atoms with Crippen molar-refractivity contribution in [1.82, 2.24) is 0 Å². The molecule has 2 rings (SSSR count). The molecule has 0 unspecified atom stereocenters. The Bertz CT molecular complexity index is 580. The molecule has 0 radical (unpaired) electrons. The average molecular weight is 254 g/mol. The van der Waals surface area contributed by atoms with Crippen molar-refractivity contribution in [1.29, 1.82) is 0 Å². The van der Waals surface area contributed by atoms with Crippen LogP contribution >= 0.6 is 0 Å². The molecule has 0 saturated carbocycles. The Morgan fingerprint density at radius 3 is 2.32 bits per heavy atom. The van der Waals surface area contributed by atoms with Gasteiger partial charge in [0.25, 0.3) is 0 Å². The third kappa shape index (κ3) is 3.08. The van der Waals surface area contributed by atoms with Crippen molar-refractivity contribution in [3.8, 4) is 0 Å². The largest absolute Gasteiger partial charge is 0.398 e. The molecule has 0 aliphatic rings. The Labute approximate surface area is 115 Å². The Balaban J connectivity index is 2.36. The standard InChI is InChI=1S/C17H22N2/c1-12-9-10-13(11-15(12)18)19-16-8-6-5-7-14(16)17(2,3)4/h5-11,19H,18H2,1-4H3. The summed E-state index contributed by atoms with van der Waals surface area (Å²) in [7, 11) is 0. The van der Waals surface area contributed by atoms with Crippen molar-refractivity contribution in [2.24, 2.45) is 0 Å². The van der Waals surface area contributed by atoms with Crippen molar-refractivity contribution < 1.29 is 0 Å². The normalized spacial score (nSPS) is 11.4. The molecule has 0 bridgehead atoms. The van der Waals surface area contributed by atoms with Gasteiger partial charge in [-0.1, -0.05) is 45.0 Å². The summed E-state index contributed by atoms with van der Waals surface area (Å²) in [5.41, 5.74) is 11.5. The lowest BCUT2D eigenvalue weighted by Gasteiger charge is -2.23. The summed E-state index contributed by atoms with van der Waals surface area (Å²) >= 11 is 0. The van der Waals surface area contributed by atoms with Crippen LogP contribution in [0.3, 0.4) is 0 Å². The molecule has 0 aliphatic heterocycles. The minimum absolute atomic E-state index is 0.111. The lowest BCUT2D eigenvalue weighted by molar-refractivity contribution is 0.592. The van der Waals surface area contributed by atoms with Gasteiger partial charge >= 0.3 is 0 Å². The van der Waals surface area contributed by atoms with E-state index in [-0.39, 0.29) is 5.41 Å². The second-order valence-corrected chi connectivity index (χ2v) is 5.99. The van der Waals surface area contributed by atoms with Crippen LogP contribution in [-0.4, -0.2) is 0 Å². The van der Waals surface area contributed by atoms with Gasteiger partial charge in [0, 0.05) is 17.1 Å². The molecule has 0 amide bonds. The van der Waals surface area contributed by atoms with Crippen LogP contribution in [0.4, 0.5) is 17.1 Å². The Kier molecular flexibility index (Phi) is 3.52. The van der Waals surface area contributed by atoms with Gasteiger partial charge in [-0.3, -0.25) is 0 Å². The monoisotopic (exact) mass is 254 g/mol. The fraction of sp³-hybridized carbons (Fsp3) is 0.294. The molecule has 100 valence electrons.